The number of nitrogens with one attached hydrogen (secondary N) is 2. The number of amides is 2. The Morgan fingerprint density at radius 3 is 3.00 bits per heavy atom. The minimum atomic E-state index is -0.249. The van der Waals surface area contributed by atoms with Crippen LogP contribution in [0.5, 0.6) is 0 Å². The summed E-state index contributed by atoms with van der Waals surface area (Å²) in [5, 5.41) is 14.3. The molecule has 2 N–H and O–H groups in total. The molecule has 4 heterocycles. The molecule has 2 saturated heterocycles. The average Bonchev–Trinajstić information content (AvgIpc) is 3.05. The lowest BCUT2D eigenvalue weighted by molar-refractivity contribution is -0.129. The van der Waals surface area contributed by atoms with Crippen LogP contribution in [0.2, 0.25) is 0 Å². The molecule has 3 fully saturated rings. The number of fused-ring (bicyclic) bond motifs is 1. The monoisotopic (exact) mass is 385 g/mol. The van der Waals surface area contributed by atoms with Gasteiger partial charge < -0.3 is 19.6 Å². The second kappa shape index (κ2) is 6.69. The largest absolute Gasteiger partial charge is 0.425 e. The van der Waals surface area contributed by atoms with Crippen molar-refractivity contribution in [3.8, 4) is 0 Å². The summed E-state index contributed by atoms with van der Waals surface area (Å²) >= 11 is 0. The molecular weight excluding hydrogens is 362 g/mol. The van der Waals surface area contributed by atoms with Crippen molar-refractivity contribution in [1.29, 1.82) is 0 Å². The van der Waals surface area contributed by atoms with E-state index in [0.29, 0.717) is 43.4 Å². The molecular formula is C18H23N7O3. The Hall–Kier alpha value is -2.75. The lowest BCUT2D eigenvalue weighted by Crippen LogP contribution is -2.58. The van der Waals surface area contributed by atoms with E-state index in [4.69, 9.17) is 4.42 Å². The summed E-state index contributed by atoms with van der Waals surface area (Å²) < 4.78 is 7.48. The van der Waals surface area contributed by atoms with Crippen LogP contribution in [0.1, 0.15) is 47.5 Å². The van der Waals surface area contributed by atoms with Crippen molar-refractivity contribution in [3.63, 3.8) is 0 Å². The third-order valence-electron chi connectivity index (χ3n) is 5.83. The molecule has 2 aliphatic heterocycles. The van der Waals surface area contributed by atoms with Crippen LogP contribution in [-0.2, 0) is 18.3 Å². The first kappa shape index (κ1) is 17.4. The fourth-order valence-corrected chi connectivity index (χ4v) is 4.15. The standard InChI is InChI=1S/C18H23N7O3/c1-24-9-19-7-14(24)17(27)21-11-4-13-16(26)20-6-12(25(13)8-11)5-15-22-23-18(28-15)10-2-3-10/h7,9-13H,2-6,8H2,1H3,(H,20,26)(H,21,27)/t11-,12+,13-/m0/s1. The van der Waals surface area contributed by atoms with E-state index in [0.717, 1.165) is 18.7 Å². The average molecular weight is 385 g/mol. The zero-order valence-corrected chi connectivity index (χ0v) is 15.7. The zero-order valence-electron chi connectivity index (χ0n) is 15.7. The first-order valence-electron chi connectivity index (χ1n) is 9.71. The molecule has 0 bridgehead atoms. The number of hydrogen-bond donors (Lipinski definition) is 2. The molecule has 1 aliphatic carbocycles. The maximum absolute atomic E-state index is 12.5. The predicted octanol–water partition coefficient (Wildman–Crippen LogP) is -0.406. The lowest BCUT2D eigenvalue weighted by Gasteiger charge is -2.36. The number of piperazine rings is 1. The topological polar surface area (TPSA) is 118 Å². The Balaban J connectivity index is 1.26. The van der Waals surface area contributed by atoms with Crippen molar-refractivity contribution in [2.75, 3.05) is 13.1 Å². The zero-order chi connectivity index (χ0) is 19.3. The summed E-state index contributed by atoms with van der Waals surface area (Å²) in [6.07, 6.45) is 6.56. The van der Waals surface area contributed by atoms with Crippen LogP contribution < -0.4 is 10.6 Å². The Morgan fingerprint density at radius 1 is 1.39 bits per heavy atom. The second-order valence-electron chi connectivity index (χ2n) is 7.92. The van der Waals surface area contributed by atoms with E-state index in [1.54, 1.807) is 24.1 Å². The minimum absolute atomic E-state index is 0.0118. The number of imidazole rings is 1. The molecule has 10 heteroatoms. The number of nitrogens with zero attached hydrogens (tertiary/aromatic N) is 5. The number of carbonyl (C=O) groups excluding carboxylic acids is 2. The van der Waals surface area contributed by atoms with Crippen molar-refractivity contribution in [2.24, 2.45) is 7.05 Å². The molecule has 2 aromatic rings. The molecule has 0 aromatic carbocycles. The van der Waals surface area contributed by atoms with Gasteiger partial charge in [-0.25, -0.2) is 4.98 Å². The quantitative estimate of drug-likeness (QED) is 0.719. The molecule has 28 heavy (non-hydrogen) atoms. The highest BCUT2D eigenvalue weighted by molar-refractivity contribution is 5.92. The van der Waals surface area contributed by atoms with Crippen molar-refractivity contribution in [1.82, 2.24) is 35.3 Å². The Labute approximate surface area is 161 Å². The first-order valence-corrected chi connectivity index (χ1v) is 9.71. The molecule has 2 aromatic heterocycles. The SMILES string of the molecule is Cn1cncc1C(=O)N[C@H]1C[C@H]2C(=O)NC[C@@H](Cc3nnc(C4CC4)o3)N2C1. The summed E-state index contributed by atoms with van der Waals surface area (Å²) in [5.74, 6) is 1.61. The highest BCUT2D eigenvalue weighted by Crippen LogP contribution is 2.39. The molecule has 0 radical (unpaired) electrons. The minimum Gasteiger partial charge on any atom is -0.425 e. The third-order valence-corrected chi connectivity index (χ3v) is 5.83. The van der Waals surface area contributed by atoms with Crippen LogP contribution in [0.15, 0.2) is 16.9 Å². The summed E-state index contributed by atoms with van der Waals surface area (Å²) in [5.41, 5.74) is 0.504. The predicted molar refractivity (Wildman–Crippen MR) is 96.3 cm³/mol. The number of carbonyl (C=O) groups is 2. The van der Waals surface area contributed by atoms with Crippen LogP contribution in [0.4, 0.5) is 0 Å². The fourth-order valence-electron chi connectivity index (χ4n) is 4.15. The van der Waals surface area contributed by atoms with Gasteiger partial charge in [-0.3, -0.25) is 14.5 Å². The van der Waals surface area contributed by atoms with Gasteiger partial charge >= 0.3 is 0 Å². The van der Waals surface area contributed by atoms with Crippen molar-refractivity contribution in [2.45, 2.75) is 49.7 Å². The Bertz CT molecular complexity index is 903. The lowest BCUT2D eigenvalue weighted by atomic mass is 10.1. The van der Waals surface area contributed by atoms with Gasteiger partial charge in [-0.15, -0.1) is 10.2 Å². The van der Waals surface area contributed by atoms with Gasteiger partial charge in [-0.05, 0) is 19.3 Å². The Kier molecular flexibility index (Phi) is 4.15. The molecule has 3 aliphatic rings. The molecule has 2 amide bonds. The summed E-state index contributed by atoms with van der Waals surface area (Å²) in [6.45, 7) is 1.16. The fraction of sp³-hybridized carbons (Fsp3) is 0.611. The van der Waals surface area contributed by atoms with E-state index in [-0.39, 0.29) is 29.9 Å². The van der Waals surface area contributed by atoms with Gasteiger partial charge in [0.25, 0.3) is 5.91 Å². The molecule has 1 saturated carbocycles. The van der Waals surface area contributed by atoms with Crippen molar-refractivity contribution in [3.05, 3.63) is 30.0 Å². The highest BCUT2D eigenvalue weighted by Gasteiger charge is 2.44. The van der Waals surface area contributed by atoms with Crippen LogP contribution in [-0.4, -0.2) is 67.7 Å². The summed E-state index contributed by atoms with van der Waals surface area (Å²) in [6, 6.07) is -0.265. The maximum atomic E-state index is 12.5. The van der Waals surface area contributed by atoms with E-state index < -0.39 is 0 Å². The van der Waals surface area contributed by atoms with Crippen LogP contribution in [0.3, 0.4) is 0 Å². The van der Waals surface area contributed by atoms with Gasteiger partial charge in [0, 0.05) is 44.6 Å². The normalized spacial score (nSPS) is 27.5. The van der Waals surface area contributed by atoms with Crippen LogP contribution >= 0.6 is 0 Å². The maximum Gasteiger partial charge on any atom is 0.269 e. The van der Waals surface area contributed by atoms with Gasteiger partial charge in [0.05, 0.1) is 18.6 Å². The van der Waals surface area contributed by atoms with Crippen molar-refractivity contribution < 1.29 is 14.0 Å². The highest BCUT2D eigenvalue weighted by atomic mass is 16.4. The van der Waals surface area contributed by atoms with Gasteiger partial charge in [0.15, 0.2) is 0 Å². The van der Waals surface area contributed by atoms with Gasteiger partial charge in [0.1, 0.15) is 5.69 Å². The van der Waals surface area contributed by atoms with Crippen molar-refractivity contribution >= 4 is 11.8 Å². The van der Waals surface area contributed by atoms with Gasteiger partial charge in [-0.1, -0.05) is 0 Å². The molecule has 5 rings (SSSR count). The number of rotatable bonds is 5. The van der Waals surface area contributed by atoms with Crippen LogP contribution in [0.25, 0.3) is 0 Å². The number of hydrogen-bond acceptors (Lipinski definition) is 7. The van der Waals surface area contributed by atoms with E-state index >= 15 is 0 Å². The van der Waals surface area contributed by atoms with Gasteiger partial charge in [-0.2, -0.15) is 0 Å². The first-order chi connectivity index (χ1) is 13.6. The summed E-state index contributed by atoms with van der Waals surface area (Å²) in [7, 11) is 1.78. The molecule has 3 atom stereocenters. The second-order valence-corrected chi connectivity index (χ2v) is 7.92. The molecule has 148 valence electrons. The number of aromatic nitrogens is 4. The summed E-state index contributed by atoms with van der Waals surface area (Å²) in [4.78, 5) is 31.0. The van der Waals surface area contributed by atoms with Crippen LogP contribution in [0, 0.1) is 0 Å². The molecule has 0 unspecified atom stereocenters. The van der Waals surface area contributed by atoms with E-state index in [9.17, 15) is 9.59 Å². The van der Waals surface area contributed by atoms with E-state index in [1.165, 1.54) is 0 Å². The third kappa shape index (κ3) is 3.17. The number of aryl methyl sites for hydroxylation is 1. The van der Waals surface area contributed by atoms with Gasteiger partial charge in [0.2, 0.25) is 17.7 Å². The molecule has 0 spiro atoms. The van der Waals surface area contributed by atoms with E-state index in [1.807, 2.05) is 0 Å². The smallest absolute Gasteiger partial charge is 0.269 e. The Morgan fingerprint density at radius 2 is 2.25 bits per heavy atom. The molecule has 10 nitrogen and oxygen atoms in total. The van der Waals surface area contributed by atoms with E-state index in [2.05, 4.69) is 30.7 Å².